The van der Waals surface area contributed by atoms with Crippen LogP contribution in [0, 0.1) is 0 Å². The minimum absolute atomic E-state index is 0.615. The number of aromatic nitrogens is 4. The summed E-state index contributed by atoms with van der Waals surface area (Å²) in [6.45, 7) is 0.657. The molecule has 94 valence electrons. The lowest BCUT2D eigenvalue weighted by molar-refractivity contribution is 0.638. The molecular weight excluding hydrogens is 318 g/mol. The third-order valence-electron chi connectivity index (χ3n) is 2.80. The van der Waals surface area contributed by atoms with Gasteiger partial charge in [-0.1, -0.05) is 27.5 Å². The van der Waals surface area contributed by atoms with Gasteiger partial charge in [0, 0.05) is 10.5 Å². The largest absolute Gasteiger partial charge is 0.307 e. The summed E-state index contributed by atoms with van der Waals surface area (Å²) in [6.07, 6.45) is 2.47. The Labute approximate surface area is 118 Å². The molecule has 0 unspecified atom stereocenters. The molecule has 1 N–H and O–H groups in total. The van der Waals surface area contributed by atoms with E-state index in [9.17, 15) is 0 Å². The average molecular weight is 329 g/mol. The maximum absolute atomic E-state index is 6.20. The summed E-state index contributed by atoms with van der Waals surface area (Å²) in [7, 11) is 0. The van der Waals surface area contributed by atoms with Crippen molar-refractivity contribution < 1.29 is 0 Å². The van der Waals surface area contributed by atoms with Crippen molar-refractivity contribution in [1.82, 2.24) is 25.5 Å². The van der Waals surface area contributed by atoms with Gasteiger partial charge in [0.05, 0.1) is 17.3 Å². The first kappa shape index (κ1) is 12.1. The Kier molecular flexibility index (Phi) is 3.32. The third-order valence-corrected chi connectivity index (χ3v) is 3.59. The van der Waals surface area contributed by atoms with E-state index in [1.807, 2.05) is 18.2 Å². The Morgan fingerprint density at radius 3 is 3.00 bits per heavy atom. The lowest BCUT2D eigenvalue weighted by Gasteiger charge is -2.07. The van der Waals surface area contributed by atoms with Crippen LogP contribution in [0.5, 0.6) is 0 Å². The molecular formula is C11H11BrClN5. The van der Waals surface area contributed by atoms with Crippen molar-refractivity contribution in [3.05, 3.63) is 33.5 Å². The zero-order valence-corrected chi connectivity index (χ0v) is 11.8. The van der Waals surface area contributed by atoms with Gasteiger partial charge in [-0.15, -0.1) is 5.10 Å². The van der Waals surface area contributed by atoms with Crippen LogP contribution >= 0.6 is 27.5 Å². The Morgan fingerprint density at radius 2 is 2.28 bits per heavy atom. The molecule has 1 aliphatic carbocycles. The number of nitrogens with one attached hydrogen (secondary N) is 1. The Bertz CT molecular complexity index is 566. The van der Waals surface area contributed by atoms with Crippen molar-refractivity contribution in [3.8, 4) is 5.69 Å². The summed E-state index contributed by atoms with van der Waals surface area (Å²) < 4.78 is 2.60. The van der Waals surface area contributed by atoms with Gasteiger partial charge < -0.3 is 5.32 Å². The first-order valence-corrected chi connectivity index (χ1v) is 6.87. The molecule has 1 aliphatic rings. The molecule has 7 heteroatoms. The molecule has 0 amide bonds. The predicted octanol–water partition coefficient (Wildman–Crippen LogP) is 2.33. The van der Waals surface area contributed by atoms with E-state index >= 15 is 0 Å². The highest BCUT2D eigenvalue weighted by Crippen LogP contribution is 2.25. The van der Waals surface area contributed by atoms with Gasteiger partial charge in [-0.05, 0) is 41.5 Å². The highest BCUT2D eigenvalue weighted by molar-refractivity contribution is 9.10. The molecule has 0 saturated heterocycles. The fourth-order valence-electron chi connectivity index (χ4n) is 1.68. The third kappa shape index (κ3) is 2.55. The number of nitrogens with zero attached hydrogens (tertiary/aromatic N) is 4. The number of hydrogen-bond donors (Lipinski definition) is 1. The second-order valence-electron chi connectivity index (χ2n) is 4.26. The molecule has 0 aliphatic heterocycles. The summed E-state index contributed by atoms with van der Waals surface area (Å²) in [6, 6.07) is 6.26. The van der Waals surface area contributed by atoms with E-state index in [2.05, 4.69) is 36.8 Å². The van der Waals surface area contributed by atoms with E-state index in [1.54, 1.807) is 4.68 Å². The number of halogens is 2. The van der Waals surface area contributed by atoms with Gasteiger partial charge in [0.25, 0.3) is 0 Å². The first-order valence-electron chi connectivity index (χ1n) is 5.70. The highest BCUT2D eigenvalue weighted by atomic mass is 79.9. The van der Waals surface area contributed by atoms with Crippen molar-refractivity contribution in [2.75, 3.05) is 0 Å². The van der Waals surface area contributed by atoms with Crippen LogP contribution in [-0.4, -0.2) is 26.2 Å². The Hall–Kier alpha value is -0.980. The summed E-state index contributed by atoms with van der Waals surface area (Å²) >= 11 is 9.58. The zero-order valence-electron chi connectivity index (χ0n) is 9.48. The van der Waals surface area contributed by atoms with E-state index in [-0.39, 0.29) is 0 Å². The van der Waals surface area contributed by atoms with Crippen molar-refractivity contribution in [1.29, 1.82) is 0 Å². The average Bonchev–Trinajstić information content (AvgIpc) is 3.06. The van der Waals surface area contributed by atoms with Crippen LogP contribution in [0.1, 0.15) is 18.7 Å². The van der Waals surface area contributed by atoms with Crippen molar-refractivity contribution >= 4 is 27.5 Å². The van der Waals surface area contributed by atoms with Gasteiger partial charge in [-0.25, -0.2) is 0 Å². The number of tetrazole rings is 1. The van der Waals surface area contributed by atoms with Gasteiger partial charge in [-0.2, -0.15) is 4.68 Å². The van der Waals surface area contributed by atoms with Crippen molar-refractivity contribution in [2.45, 2.75) is 25.4 Å². The van der Waals surface area contributed by atoms with Gasteiger partial charge >= 0.3 is 0 Å². The molecule has 1 aromatic carbocycles. The normalized spacial score (nSPS) is 15.0. The van der Waals surface area contributed by atoms with E-state index in [1.165, 1.54) is 12.8 Å². The van der Waals surface area contributed by atoms with Crippen LogP contribution in [0.3, 0.4) is 0 Å². The minimum Gasteiger partial charge on any atom is -0.307 e. The Balaban J connectivity index is 1.88. The molecule has 0 spiro atoms. The van der Waals surface area contributed by atoms with Crippen LogP contribution in [-0.2, 0) is 6.54 Å². The highest BCUT2D eigenvalue weighted by Gasteiger charge is 2.21. The summed E-state index contributed by atoms with van der Waals surface area (Å²) in [4.78, 5) is 0. The van der Waals surface area contributed by atoms with Crippen molar-refractivity contribution in [2.24, 2.45) is 0 Å². The fourth-order valence-corrected chi connectivity index (χ4v) is 2.43. The minimum atomic E-state index is 0.615. The molecule has 1 saturated carbocycles. The molecule has 5 nitrogen and oxygen atoms in total. The number of hydrogen-bond acceptors (Lipinski definition) is 4. The number of benzene rings is 1. The maximum Gasteiger partial charge on any atom is 0.170 e. The maximum atomic E-state index is 6.20. The van der Waals surface area contributed by atoms with Gasteiger partial charge in [-0.3, -0.25) is 0 Å². The Morgan fingerprint density at radius 1 is 1.44 bits per heavy atom. The molecule has 1 heterocycles. The number of rotatable bonds is 4. The SMILES string of the molecule is Clc1cc(Br)ccc1-n1nnnc1CNC1CC1. The van der Waals surface area contributed by atoms with E-state index in [4.69, 9.17) is 11.6 Å². The standard InChI is InChI=1S/C11H11BrClN5/c12-7-1-4-10(9(13)5-7)18-11(15-16-17-18)6-14-8-2-3-8/h1,4-5,8,14H,2-3,6H2. The monoisotopic (exact) mass is 327 g/mol. The first-order chi connectivity index (χ1) is 8.74. The van der Waals surface area contributed by atoms with Crippen molar-refractivity contribution in [3.63, 3.8) is 0 Å². The second kappa shape index (κ2) is 4.95. The molecule has 3 rings (SSSR count). The fraction of sp³-hybridized carbons (Fsp3) is 0.364. The molecule has 0 radical (unpaired) electrons. The van der Waals surface area contributed by atoms with Crippen LogP contribution in [0.2, 0.25) is 5.02 Å². The molecule has 1 fully saturated rings. The summed E-state index contributed by atoms with van der Waals surface area (Å²) in [5, 5.41) is 15.7. The van der Waals surface area contributed by atoms with E-state index in [0.29, 0.717) is 17.6 Å². The lowest BCUT2D eigenvalue weighted by Crippen LogP contribution is -2.19. The topological polar surface area (TPSA) is 55.6 Å². The van der Waals surface area contributed by atoms with Gasteiger partial charge in [0.1, 0.15) is 0 Å². The molecule has 2 aromatic rings. The van der Waals surface area contributed by atoms with Crippen LogP contribution in [0.25, 0.3) is 5.69 Å². The van der Waals surface area contributed by atoms with E-state index in [0.717, 1.165) is 16.0 Å². The van der Waals surface area contributed by atoms with Crippen LogP contribution < -0.4 is 5.32 Å². The van der Waals surface area contributed by atoms with Gasteiger partial charge in [0.15, 0.2) is 5.82 Å². The second-order valence-corrected chi connectivity index (χ2v) is 5.58. The summed E-state index contributed by atoms with van der Waals surface area (Å²) in [5.41, 5.74) is 0.789. The molecule has 1 aromatic heterocycles. The predicted molar refractivity (Wildman–Crippen MR) is 71.7 cm³/mol. The van der Waals surface area contributed by atoms with Crippen LogP contribution in [0.4, 0.5) is 0 Å². The quantitative estimate of drug-likeness (QED) is 0.936. The molecule has 0 atom stereocenters. The molecule has 0 bridgehead atoms. The van der Waals surface area contributed by atoms with Gasteiger partial charge in [0.2, 0.25) is 0 Å². The van der Waals surface area contributed by atoms with E-state index < -0.39 is 0 Å². The smallest absolute Gasteiger partial charge is 0.170 e. The zero-order chi connectivity index (χ0) is 12.5. The van der Waals surface area contributed by atoms with Crippen LogP contribution in [0.15, 0.2) is 22.7 Å². The lowest BCUT2D eigenvalue weighted by atomic mass is 10.3. The summed E-state index contributed by atoms with van der Waals surface area (Å²) in [5.74, 6) is 0.770. The molecule has 18 heavy (non-hydrogen) atoms.